The molecule has 148 valence electrons. The number of hydrogen-bond donors (Lipinski definition) is 1. The SMILES string of the molecule is CNC(=O)CN1CC2(CCN(C(C)=O)CC2)COc2ccccc2S1(=O)=O. The standard InChI is InChI=1S/C18H25N3O5S/c1-14(22)20-9-7-18(8-10-20)12-21(11-17(23)19-2)27(24,25)16-6-4-3-5-15(16)26-13-18/h3-6H,7-13H2,1-2H3,(H,19,23). The first-order valence-electron chi connectivity index (χ1n) is 8.95. The molecule has 0 radical (unpaired) electrons. The number of rotatable bonds is 2. The highest BCUT2D eigenvalue weighted by Crippen LogP contribution is 2.39. The fraction of sp³-hybridized carbons (Fsp3) is 0.556. The van der Waals surface area contributed by atoms with Gasteiger partial charge in [-0.2, -0.15) is 4.31 Å². The molecule has 2 aliphatic rings. The van der Waals surface area contributed by atoms with E-state index in [4.69, 9.17) is 4.74 Å². The molecule has 2 heterocycles. The van der Waals surface area contributed by atoms with Gasteiger partial charge >= 0.3 is 0 Å². The van der Waals surface area contributed by atoms with Crippen molar-refractivity contribution in [2.75, 3.05) is 39.8 Å². The van der Waals surface area contributed by atoms with E-state index in [9.17, 15) is 18.0 Å². The lowest BCUT2D eigenvalue weighted by molar-refractivity contribution is -0.131. The van der Waals surface area contributed by atoms with Crippen LogP contribution >= 0.6 is 0 Å². The van der Waals surface area contributed by atoms with Crippen LogP contribution in [0.2, 0.25) is 0 Å². The molecule has 1 aromatic rings. The molecule has 9 heteroatoms. The van der Waals surface area contributed by atoms with Crippen LogP contribution in [0, 0.1) is 5.41 Å². The third-order valence-electron chi connectivity index (χ3n) is 5.38. The number of likely N-dealkylation sites (N-methyl/N-ethyl adjacent to an activating group) is 1. The van der Waals surface area contributed by atoms with Crippen LogP contribution in [-0.2, 0) is 19.6 Å². The summed E-state index contributed by atoms with van der Waals surface area (Å²) in [5.74, 6) is -0.0573. The maximum absolute atomic E-state index is 13.2. The van der Waals surface area contributed by atoms with E-state index in [1.165, 1.54) is 24.3 Å². The number of para-hydroxylation sites is 1. The lowest BCUT2D eigenvalue weighted by Crippen LogP contribution is -2.53. The molecule has 2 aliphatic heterocycles. The summed E-state index contributed by atoms with van der Waals surface area (Å²) in [4.78, 5) is 25.5. The summed E-state index contributed by atoms with van der Waals surface area (Å²) < 4.78 is 33.6. The first-order chi connectivity index (χ1) is 12.8. The third kappa shape index (κ3) is 3.93. The number of piperidine rings is 1. The monoisotopic (exact) mass is 395 g/mol. The zero-order valence-corrected chi connectivity index (χ0v) is 16.4. The Labute approximate surface area is 159 Å². The van der Waals surface area contributed by atoms with E-state index in [-0.39, 0.29) is 29.8 Å². The molecule has 3 rings (SSSR count). The predicted molar refractivity (Wildman–Crippen MR) is 98.7 cm³/mol. The Morgan fingerprint density at radius 3 is 2.52 bits per heavy atom. The molecule has 2 amide bonds. The van der Waals surface area contributed by atoms with E-state index in [2.05, 4.69) is 5.32 Å². The third-order valence-corrected chi connectivity index (χ3v) is 7.21. The normalized spacial score (nSPS) is 21.5. The van der Waals surface area contributed by atoms with Crippen LogP contribution < -0.4 is 10.1 Å². The number of carbonyl (C=O) groups is 2. The smallest absolute Gasteiger partial charge is 0.247 e. The number of nitrogens with zero attached hydrogens (tertiary/aromatic N) is 2. The number of hydrogen-bond acceptors (Lipinski definition) is 5. The van der Waals surface area contributed by atoms with Crippen molar-refractivity contribution in [3.63, 3.8) is 0 Å². The summed E-state index contributed by atoms with van der Waals surface area (Å²) in [6, 6.07) is 6.50. The summed E-state index contributed by atoms with van der Waals surface area (Å²) in [5, 5.41) is 2.49. The van der Waals surface area contributed by atoms with E-state index < -0.39 is 15.4 Å². The number of carbonyl (C=O) groups excluding carboxylic acids is 2. The number of benzene rings is 1. The van der Waals surface area contributed by atoms with E-state index in [1.807, 2.05) is 0 Å². The van der Waals surface area contributed by atoms with Gasteiger partial charge in [-0.3, -0.25) is 9.59 Å². The van der Waals surface area contributed by atoms with Gasteiger partial charge in [0.15, 0.2) is 0 Å². The molecule has 0 aromatic heterocycles. The highest BCUT2D eigenvalue weighted by molar-refractivity contribution is 7.89. The average Bonchev–Trinajstić information content (AvgIpc) is 2.65. The molecular formula is C18H25N3O5S. The second kappa shape index (κ2) is 7.47. The van der Waals surface area contributed by atoms with E-state index in [1.54, 1.807) is 23.1 Å². The number of sulfonamides is 1. The topological polar surface area (TPSA) is 96.0 Å². The van der Waals surface area contributed by atoms with Crippen LogP contribution in [-0.4, -0.2) is 69.3 Å². The number of likely N-dealkylation sites (tertiary alicyclic amines) is 1. The minimum Gasteiger partial charge on any atom is -0.492 e. The van der Waals surface area contributed by atoms with Crippen molar-refractivity contribution in [2.24, 2.45) is 5.41 Å². The van der Waals surface area contributed by atoms with Gasteiger partial charge in [-0.25, -0.2) is 8.42 Å². The first-order valence-corrected chi connectivity index (χ1v) is 10.4. The van der Waals surface area contributed by atoms with Gasteiger partial charge < -0.3 is 15.0 Å². The van der Waals surface area contributed by atoms with Gasteiger partial charge in [0.25, 0.3) is 0 Å². The Hall–Kier alpha value is -2.13. The molecule has 0 aliphatic carbocycles. The summed E-state index contributed by atoms with van der Waals surface area (Å²) in [6.45, 7) is 2.91. The Morgan fingerprint density at radius 2 is 1.89 bits per heavy atom. The molecule has 1 N–H and O–H groups in total. The van der Waals surface area contributed by atoms with E-state index in [0.29, 0.717) is 38.3 Å². The zero-order chi connectivity index (χ0) is 19.7. The van der Waals surface area contributed by atoms with Crippen molar-refractivity contribution in [1.82, 2.24) is 14.5 Å². The summed E-state index contributed by atoms with van der Waals surface area (Å²) in [7, 11) is -2.40. The average molecular weight is 395 g/mol. The van der Waals surface area contributed by atoms with Crippen molar-refractivity contribution in [3.05, 3.63) is 24.3 Å². The number of ether oxygens (including phenoxy) is 1. The second-order valence-corrected chi connectivity index (χ2v) is 9.09. The quantitative estimate of drug-likeness (QED) is 0.784. The number of amides is 2. The summed E-state index contributed by atoms with van der Waals surface area (Å²) in [6.07, 6.45) is 1.24. The Kier molecular flexibility index (Phi) is 5.43. The number of fused-ring (bicyclic) bond motifs is 1. The van der Waals surface area contributed by atoms with Crippen LogP contribution in [0.1, 0.15) is 19.8 Å². The molecule has 0 atom stereocenters. The van der Waals surface area contributed by atoms with Crippen LogP contribution in [0.15, 0.2) is 29.2 Å². The van der Waals surface area contributed by atoms with Crippen LogP contribution in [0.25, 0.3) is 0 Å². The minimum absolute atomic E-state index is 0.0109. The Morgan fingerprint density at radius 1 is 1.22 bits per heavy atom. The van der Waals surface area contributed by atoms with Gasteiger partial charge in [0.1, 0.15) is 10.6 Å². The molecule has 1 fully saturated rings. The van der Waals surface area contributed by atoms with E-state index in [0.717, 1.165) is 0 Å². The molecule has 1 spiro atoms. The minimum atomic E-state index is -3.89. The molecule has 0 saturated carbocycles. The van der Waals surface area contributed by atoms with Gasteiger partial charge in [-0.15, -0.1) is 0 Å². The van der Waals surface area contributed by atoms with Gasteiger partial charge in [0, 0.05) is 39.0 Å². The fourth-order valence-electron chi connectivity index (χ4n) is 3.64. The maximum atomic E-state index is 13.2. The predicted octanol–water partition coefficient (Wildman–Crippen LogP) is 0.444. The van der Waals surface area contributed by atoms with Gasteiger partial charge in [0.2, 0.25) is 21.8 Å². The van der Waals surface area contributed by atoms with Gasteiger partial charge in [0.05, 0.1) is 13.2 Å². The Balaban J connectivity index is 1.97. The maximum Gasteiger partial charge on any atom is 0.247 e. The summed E-state index contributed by atoms with van der Waals surface area (Å²) in [5.41, 5.74) is -0.444. The van der Waals surface area contributed by atoms with Crippen LogP contribution in [0.4, 0.5) is 0 Å². The summed E-state index contributed by atoms with van der Waals surface area (Å²) >= 11 is 0. The van der Waals surface area contributed by atoms with Crippen molar-refractivity contribution in [1.29, 1.82) is 0 Å². The molecule has 0 unspecified atom stereocenters. The fourth-order valence-corrected chi connectivity index (χ4v) is 5.28. The molecule has 1 saturated heterocycles. The lowest BCUT2D eigenvalue weighted by Gasteiger charge is -2.44. The van der Waals surface area contributed by atoms with Crippen LogP contribution in [0.3, 0.4) is 0 Å². The highest BCUT2D eigenvalue weighted by Gasteiger charge is 2.43. The zero-order valence-electron chi connectivity index (χ0n) is 15.6. The van der Waals surface area contributed by atoms with Crippen molar-refractivity contribution < 1.29 is 22.7 Å². The lowest BCUT2D eigenvalue weighted by atomic mass is 9.78. The molecule has 1 aromatic carbocycles. The highest BCUT2D eigenvalue weighted by atomic mass is 32.2. The second-order valence-electron chi connectivity index (χ2n) is 7.19. The van der Waals surface area contributed by atoms with Gasteiger partial charge in [-0.05, 0) is 25.0 Å². The molecular weight excluding hydrogens is 370 g/mol. The first kappa shape index (κ1) is 19.6. The molecule has 0 bridgehead atoms. The molecule has 27 heavy (non-hydrogen) atoms. The molecule has 8 nitrogen and oxygen atoms in total. The van der Waals surface area contributed by atoms with Crippen molar-refractivity contribution in [3.8, 4) is 5.75 Å². The van der Waals surface area contributed by atoms with Crippen molar-refractivity contribution in [2.45, 2.75) is 24.7 Å². The van der Waals surface area contributed by atoms with E-state index >= 15 is 0 Å². The largest absolute Gasteiger partial charge is 0.492 e. The van der Waals surface area contributed by atoms with Gasteiger partial charge in [-0.1, -0.05) is 12.1 Å². The number of nitrogens with one attached hydrogen (secondary N) is 1. The van der Waals surface area contributed by atoms with Crippen LogP contribution in [0.5, 0.6) is 5.75 Å². The Bertz CT molecular complexity index is 831. The van der Waals surface area contributed by atoms with Crippen molar-refractivity contribution >= 4 is 21.8 Å².